The topological polar surface area (TPSA) is 119 Å². The van der Waals surface area contributed by atoms with E-state index in [1.165, 1.54) is 11.8 Å². The minimum Gasteiger partial charge on any atom is -0.374 e. The van der Waals surface area contributed by atoms with Gasteiger partial charge in [-0.05, 0) is 68.5 Å². The van der Waals surface area contributed by atoms with Gasteiger partial charge in [-0.2, -0.15) is 0 Å². The summed E-state index contributed by atoms with van der Waals surface area (Å²) in [6.07, 6.45) is -8.29. The summed E-state index contributed by atoms with van der Waals surface area (Å²) in [6.45, 7) is 1.17. The molecule has 7 aromatic rings. The molecule has 10 rings (SSSR count). The van der Waals surface area contributed by atoms with Gasteiger partial charge >= 0.3 is 0 Å². The molecular formula is C64H65IO12S. The SMILES string of the molecule is CO[C@H]1O[C@H](COCc2ccccc2)[C@@H](O[C@@H]2O[C@@H]3CO[C@@](C(=O)SCCc4ccccc4I)(c4ccccc4)O[C@H]3[C@H](OCc3ccccc3)[C@@H]2OCc2ccccc2)[C@H](OCc2ccccc2)[C@H]1OCc1ccccc1. The van der Waals surface area contributed by atoms with Crippen molar-refractivity contribution in [2.24, 2.45) is 0 Å². The van der Waals surface area contributed by atoms with Gasteiger partial charge < -0.3 is 52.1 Å². The molecule has 11 atom stereocenters. The molecule has 78 heavy (non-hydrogen) atoms. The summed E-state index contributed by atoms with van der Waals surface area (Å²) in [5, 5.41) is -0.287. The third-order valence-electron chi connectivity index (χ3n) is 14.0. The minimum atomic E-state index is -1.82. The second-order valence-electron chi connectivity index (χ2n) is 19.3. The van der Waals surface area contributed by atoms with Crippen molar-refractivity contribution in [2.45, 2.75) is 107 Å². The van der Waals surface area contributed by atoms with Crippen LogP contribution in [-0.2, 0) is 102 Å². The number of aryl methyl sites for hydroxylation is 1. The zero-order chi connectivity index (χ0) is 53.4. The molecule has 3 fully saturated rings. The van der Waals surface area contributed by atoms with Gasteiger partial charge in [-0.25, -0.2) is 0 Å². The Kier molecular flexibility index (Phi) is 20.4. The van der Waals surface area contributed by atoms with Crippen molar-refractivity contribution in [2.75, 3.05) is 26.1 Å². The molecule has 0 amide bonds. The van der Waals surface area contributed by atoms with Crippen molar-refractivity contribution < 1.29 is 56.9 Å². The van der Waals surface area contributed by atoms with E-state index in [0.29, 0.717) is 24.3 Å². The second kappa shape index (κ2) is 28.3. The molecule has 12 nitrogen and oxygen atoms in total. The first-order valence-corrected chi connectivity index (χ1v) is 28.5. The van der Waals surface area contributed by atoms with E-state index >= 15 is 4.79 Å². The number of carbonyl (C=O) groups excluding carboxylic acids is 1. The minimum absolute atomic E-state index is 0.0494. The standard InChI is InChI=1S/C64H65IO12S/c1-67-61-59(71-41-48-28-14-5-15-29-48)57(69-39-46-24-10-3-11-25-46)55(53(74-61)43-68-38-45-22-8-2-9-23-45)76-62-60(72-42-49-30-16-6-17-31-49)58(70-40-47-26-12-4-13-27-47)56-54(75-62)44-73-64(77-56,51-33-18-7-19-34-51)63(66)78-37-36-50-32-20-21-35-52(50)65/h2-35,53-62H,36-44H2,1H3/t53-,54-,55-,56-,57+,58+,59-,60+,61+,62+,64+/m1/s1. The summed E-state index contributed by atoms with van der Waals surface area (Å²) >= 11 is 3.52. The van der Waals surface area contributed by atoms with Gasteiger partial charge in [0, 0.05) is 22.0 Å². The maximum atomic E-state index is 15.0. The Morgan fingerprint density at radius 3 is 1.53 bits per heavy atom. The van der Waals surface area contributed by atoms with Crippen LogP contribution in [0.1, 0.15) is 38.9 Å². The molecular weight excluding hydrogens is 1120 g/mol. The van der Waals surface area contributed by atoms with Crippen molar-refractivity contribution in [3.63, 3.8) is 0 Å². The summed E-state index contributed by atoms with van der Waals surface area (Å²) in [5.74, 6) is -1.32. The molecule has 0 unspecified atom stereocenters. The smallest absolute Gasteiger partial charge is 0.267 e. The zero-order valence-electron chi connectivity index (χ0n) is 43.5. The van der Waals surface area contributed by atoms with Crippen molar-refractivity contribution in [3.05, 3.63) is 249 Å². The number of methoxy groups -OCH3 is 1. The van der Waals surface area contributed by atoms with E-state index in [0.717, 1.165) is 37.0 Å². The number of hydrogen-bond acceptors (Lipinski definition) is 13. The van der Waals surface area contributed by atoms with E-state index in [2.05, 4.69) is 34.7 Å². The van der Waals surface area contributed by atoms with E-state index in [-0.39, 0.29) is 44.8 Å². The number of hydrogen-bond donors (Lipinski definition) is 0. The van der Waals surface area contributed by atoms with Gasteiger partial charge in [-0.15, -0.1) is 0 Å². The third-order valence-corrected chi connectivity index (χ3v) is 16.0. The largest absolute Gasteiger partial charge is 0.374 e. The molecule has 0 N–H and O–H groups in total. The van der Waals surface area contributed by atoms with Gasteiger partial charge in [0.1, 0.15) is 48.8 Å². The van der Waals surface area contributed by atoms with Crippen LogP contribution in [0.4, 0.5) is 0 Å². The quantitative estimate of drug-likeness (QED) is 0.0535. The number of thioether (sulfide) groups is 1. The first-order chi connectivity index (χ1) is 38.4. The van der Waals surface area contributed by atoms with Gasteiger partial charge in [0.25, 0.3) is 10.9 Å². The predicted octanol–water partition coefficient (Wildman–Crippen LogP) is 11.4. The fraction of sp³-hybridized carbons (Fsp3) is 0.328. The summed E-state index contributed by atoms with van der Waals surface area (Å²) in [7, 11) is 1.60. The zero-order valence-corrected chi connectivity index (χ0v) is 46.4. The van der Waals surface area contributed by atoms with Crippen LogP contribution in [-0.4, -0.2) is 92.6 Å². The Balaban J connectivity index is 1.02. The van der Waals surface area contributed by atoms with E-state index in [4.69, 9.17) is 52.1 Å². The van der Waals surface area contributed by atoms with Crippen LogP contribution in [0, 0.1) is 3.57 Å². The Morgan fingerprint density at radius 2 is 1.00 bits per heavy atom. The van der Waals surface area contributed by atoms with E-state index < -0.39 is 67.2 Å². The Hall–Kier alpha value is -5.15. The van der Waals surface area contributed by atoms with Crippen molar-refractivity contribution >= 4 is 39.5 Å². The van der Waals surface area contributed by atoms with Crippen molar-refractivity contribution in [3.8, 4) is 0 Å². The molecule has 3 aliphatic rings. The lowest BCUT2D eigenvalue weighted by molar-refractivity contribution is -0.408. The first-order valence-electron chi connectivity index (χ1n) is 26.4. The summed E-state index contributed by atoms with van der Waals surface area (Å²) < 4.78 is 77.4. The van der Waals surface area contributed by atoms with Gasteiger partial charge in [0.05, 0.1) is 46.2 Å². The number of benzene rings is 7. The molecule has 14 heteroatoms. The third kappa shape index (κ3) is 14.4. The average molecular weight is 1190 g/mol. The highest BCUT2D eigenvalue weighted by Crippen LogP contribution is 2.44. The van der Waals surface area contributed by atoms with Gasteiger partial charge in [-0.1, -0.05) is 212 Å². The number of rotatable bonds is 24. The number of halogens is 1. The van der Waals surface area contributed by atoms with Crippen LogP contribution >= 0.6 is 34.4 Å². The van der Waals surface area contributed by atoms with E-state index in [1.54, 1.807) is 7.11 Å². The predicted molar refractivity (Wildman–Crippen MR) is 305 cm³/mol. The molecule has 3 aliphatic heterocycles. The maximum absolute atomic E-state index is 15.0. The van der Waals surface area contributed by atoms with Gasteiger partial charge in [0.15, 0.2) is 12.6 Å². The monoisotopic (exact) mass is 1180 g/mol. The van der Waals surface area contributed by atoms with Crippen LogP contribution in [0.3, 0.4) is 0 Å². The van der Waals surface area contributed by atoms with Crippen molar-refractivity contribution in [1.82, 2.24) is 0 Å². The molecule has 0 radical (unpaired) electrons. The maximum Gasteiger partial charge on any atom is 0.267 e. The first kappa shape index (κ1) is 56.1. The Bertz CT molecular complexity index is 2880. The van der Waals surface area contributed by atoms with E-state index in [1.807, 2.05) is 194 Å². The van der Waals surface area contributed by atoms with Crippen LogP contribution in [0.15, 0.2) is 206 Å². The normalized spacial score (nSPS) is 26.0. The molecule has 0 aliphatic carbocycles. The lowest BCUT2D eigenvalue weighted by Gasteiger charge is -2.53. The van der Waals surface area contributed by atoms with E-state index in [9.17, 15) is 0 Å². The molecule has 406 valence electrons. The average Bonchev–Trinajstić information content (AvgIpc) is 3.63. The lowest BCUT2D eigenvalue weighted by Crippen LogP contribution is -2.69. The highest BCUT2D eigenvalue weighted by Gasteiger charge is 2.60. The molecule has 7 aromatic carbocycles. The number of fused-ring (bicyclic) bond motifs is 1. The molecule has 0 saturated carbocycles. The molecule has 3 saturated heterocycles. The van der Waals surface area contributed by atoms with Gasteiger partial charge in [0.2, 0.25) is 0 Å². The highest BCUT2D eigenvalue weighted by molar-refractivity contribution is 14.1. The Morgan fingerprint density at radius 1 is 0.538 bits per heavy atom. The summed E-state index contributed by atoms with van der Waals surface area (Å²) in [4.78, 5) is 15.0. The molecule has 0 aromatic heterocycles. The van der Waals surface area contributed by atoms with Crippen LogP contribution in [0.2, 0.25) is 0 Å². The summed E-state index contributed by atoms with van der Waals surface area (Å²) in [5.41, 5.74) is 6.47. The van der Waals surface area contributed by atoms with Crippen LogP contribution in [0.5, 0.6) is 0 Å². The van der Waals surface area contributed by atoms with Crippen LogP contribution < -0.4 is 0 Å². The van der Waals surface area contributed by atoms with Gasteiger partial charge in [-0.3, -0.25) is 4.79 Å². The lowest BCUT2D eigenvalue weighted by atomic mass is 9.94. The van der Waals surface area contributed by atoms with Crippen molar-refractivity contribution in [1.29, 1.82) is 0 Å². The highest BCUT2D eigenvalue weighted by atomic mass is 127. The fourth-order valence-corrected chi connectivity index (χ4v) is 11.5. The molecule has 0 spiro atoms. The van der Waals surface area contributed by atoms with Crippen LogP contribution in [0.25, 0.3) is 0 Å². The number of ether oxygens (including phenoxy) is 11. The fourth-order valence-electron chi connectivity index (χ4n) is 9.96. The second-order valence-corrected chi connectivity index (χ2v) is 21.6. The summed E-state index contributed by atoms with van der Waals surface area (Å²) in [6, 6.07) is 67.3. The molecule has 3 heterocycles. The molecule has 0 bridgehead atoms. The number of carbonyl (C=O) groups is 1. The Labute approximate surface area is 475 Å².